The molecule has 0 saturated carbocycles. The number of furan rings is 1. The summed E-state index contributed by atoms with van der Waals surface area (Å²) in [6.07, 6.45) is 2.17. The van der Waals surface area contributed by atoms with Gasteiger partial charge in [0.2, 0.25) is 0 Å². The van der Waals surface area contributed by atoms with E-state index in [-0.39, 0.29) is 11.3 Å². The standard InChI is InChI=1S/C16H19BrN2O2/c1-16(4-6-18-7-5-16)10-19-15(20)14-9-11-8-12(17)2-3-13(11)21-14/h2-3,8-9,18H,4-7,10H2,1H3,(H,19,20). The summed E-state index contributed by atoms with van der Waals surface area (Å²) < 4.78 is 6.59. The Bertz CT molecular complexity index is 659. The molecule has 2 N–H and O–H groups in total. The molecule has 1 saturated heterocycles. The fraction of sp³-hybridized carbons (Fsp3) is 0.438. The van der Waals surface area contributed by atoms with Crippen LogP contribution in [-0.4, -0.2) is 25.5 Å². The average molecular weight is 351 g/mol. The van der Waals surface area contributed by atoms with Crippen LogP contribution in [0.3, 0.4) is 0 Å². The highest BCUT2D eigenvalue weighted by molar-refractivity contribution is 9.10. The third-order valence-electron chi connectivity index (χ3n) is 4.19. The molecule has 0 atom stereocenters. The number of rotatable bonds is 3. The van der Waals surface area contributed by atoms with Crippen LogP contribution in [0.2, 0.25) is 0 Å². The lowest BCUT2D eigenvalue weighted by atomic mass is 9.81. The fourth-order valence-corrected chi connectivity index (χ4v) is 3.09. The summed E-state index contributed by atoms with van der Waals surface area (Å²) in [6.45, 7) is 4.95. The normalized spacial score (nSPS) is 17.8. The summed E-state index contributed by atoms with van der Waals surface area (Å²) in [7, 11) is 0. The molecule has 5 heteroatoms. The SMILES string of the molecule is CC1(CNC(=O)c2cc3cc(Br)ccc3o2)CCNCC1. The van der Waals surface area contributed by atoms with Crippen molar-refractivity contribution in [2.75, 3.05) is 19.6 Å². The Hall–Kier alpha value is -1.33. The summed E-state index contributed by atoms with van der Waals surface area (Å²) in [5.74, 6) is 0.239. The van der Waals surface area contributed by atoms with Gasteiger partial charge in [0.25, 0.3) is 5.91 Å². The Morgan fingerprint density at radius 1 is 1.38 bits per heavy atom. The maximum Gasteiger partial charge on any atom is 0.287 e. The molecule has 0 radical (unpaired) electrons. The zero-order chi connectivity index (χ0) is 14.9. The number of halogens is 1. The summed E-state index contributed by atoms with van der Waals surface area (Å²) in [5.41, 5.74) is 0.909. The zero-order valence-corrected chi connectivity index (χ0v) is 13.6. The number of carbonyl (C=O) groups is 1. The molecule has 0 spiro atoms. The highest BCUT2D eigenvalue weighted by Gasteiger charge is 2.27. The van der Waals surface area contributed by atoms with Crippen LogP contribution in [0.5, 0.6) is 0 Å². The Labute approximate surface area is 132 Å². The minimum atomic E-state index is -0.137. The number of amides is 1. The van der Waals surface area contributed by atoms with Crippen LogP contribution in [0.15, 0.2) is 33.2 Å². The van der Waals surface area contributed by atoms with Gasteiger partial charge in [-0.2, -0.15) is 0 Å². The molecule has 1 aromatic carbocycles. The second-order valence-corrected chi connectivity index (χ2v) is 6.95. The van der Waals surface area contributed by atoms with Crippen molar-refractivity contribution in [1.29, 1.82) is 0 Å². The molecule has 1 aromatic heterocycles. The van der Waals surface area contributed by atoms with Crippen molar-refractivity contribution < 1.29 is 9.21 Å². The van der Waals surface area contributed by atoms with Gasteiger partial charge in [-0.1, -0.05) is 22.9 Å². The first-order valence-corrected chi connectivity index (χ1v) is 8.03. The number of benzene rings is 1. The molecule has 112 valence electrons. The van der Waals surface area contributed by atoms with E-state index >= 15 is 0 Å². The van der Waals surface area contributed by atoms with Gasteiger partial charge >= 0.3 is 0 Å². The Morgan fingerprint density at radius 3 is 2.90 bits per heavy atom. The monoisotopic (exact) mass is 350 g/mol. The van der Waals surface area contributed by atoms with E-state index in [1.807, 2.05) is 18.2 Å². The van der Waals surface area contributed by atoms with Gasteiger partial charge in [0.05, 0.1) is 0 Å². The minimum absolute atomic E-state index is 0.137. The molecule has 1 fully saturated rings. The molecule has 1 aliphatic heterocycles. The minimum Gasteiger partial charge on any atom is -0.451 e. The Morgan fingerprint density at radius 2 is 2.14 bits per heavy atom. The van der Waals surface area contributed by atoms with E-state index < -0.39 is 0 Å². The molecule has 3 rings (SSSR count). The number of fused-ring (bicyclic) bond motifs is 1. The van der Waals surface area contributed by atoms with E-state index in [4.69, 9.17) is 4.42 Å². The molecule has 1 amide bonds. The lowest BCUT2D eigenvalue weighted by molar-refractivity contribution is 0.0896. The average Bonchev–Trinajstić information content (AvgIpc) is 2.88. The van der Waals surface area contributed by atoms with Crippen LogP contribution in [0.25, 0.3) is 11.0 Å². The topological polar surface area (TPSA) is 54.3 Å². The fourth-order valence-electron chi connectivity index (χ4n) is 2.71. The maximum atomic E-state index is 12.3. The molecule has 2 heterocycles. The van der Waals surface area contributed by atoms with Gasteiger partial charge in [0.15, 0.2) is 5.76 Å². The molecule has 4 nitrogen and oxygen atoms in total. The quantitative estimate of drug-likeness (QED) is 0.892. The van der Waals surface area contributed by atoms with Crippen LogP contribution in [0.4, 0.5) is 0 Å². The molecule has 0 aliphatic carbocycles. The van der Waals surface area contributed by atoms with E-state index in [0.717, 1.165) is 41.4 Å². The summed E-state index contributed by atoms with van der Waals surface area (Å²) >= 11 is 3.42. The lowest BCUT2D eigenvalue weighted by Gasteiger charge is -2.33. The predicted octanol–water partition coefficient (Wildman–Crippen LogP) is 3.31. The van der Waals surface area contributed by atoms with Gasteiger partial charge in [-0.25, -0.2) is 0 Å². The largest absolute Gasteiger partial charge is 0.451 e. The van der Waals surface area contributed by atoms with Crippen LogP contribution in [-0.2, 0) is 0 Å². The first kappa shape index (κ1) is 14.6. The van der Waals surface area contributed by atoms with E-state index in [1.165, 1.54) is 0 Å². The van der Waals surface area contributed by atoms with Gasteiger partial charge in [-0.15, -0.1) is 0 Å². The lowest BCUT2D eigenvalue weighted by Crippen LogP contribution is -2.42. The summed E-state index contributed by atoms with van der Waals surface area (Å²) in [6, 6.07) is 7.51. The van der Waals surface area contributed by atoms with Gasteiger partial charge in [-0.3, -0.25) is 4.79 Å². The number of piperidine rings is 1. The molecule has 2 aromatic rings. The van der Waals surface area contributed by atoms with Crippen LogP contribution >= 0.6 is 15.9 Å². The van der Waals surface area contributed by atoms with Gasteiger partial charge in [0, 0.05) is 16.4 Å². The van der Waals surface area contributed by atoms with Gasteiger partial charge < -0.3 is 15.1 Å². The van der Waals surface area contributed by atoms with E-state index in [1.54, 1.807) is 6.07 Å². The number of hydrogen-bond donors (Lipinski definition) is 2. The van der Waals surface area contributed by atoms with E-state index in [2.05, 4.69) is 33.5 Å². The summed E-state index contributed by atoms with van der Waals surface area (Å²) in [4.78, 5) is 12.3. The second-order valence-electron chi connectivity index (χ2n) is 6.04. The van der Waals surface area contributed by atoms with Crippen LogP contribution < -0.4 is 10.6 Å². The molecule has 0 unspecified atom stereocenters. The van der Waals surface area contributed by atoms with Crippen molar-refractivity contribution in [3.05, 3.63) is 34.5 Å². The molecular formula is C16H19BrN2O2. The Kier molecular flexibility index (Phi) is 4.04. The maximum absolute atomic E-state index is 12.3. The van der Waals surface area contributed by atoms with Crippen molar-refractivity contribution in [3.63, 3.8) is 0 Å². The summed E-state index contributed by atoms with van der Waals surface area (Å²) in [5, 5.41) is 7.29. The highest BCUT2D eigenvalue weighted by Crippen LogP contribution is 2.27. The first-order chi connectivity index (χ1) is 10.1. The van der Waals surface area contributed by atoms with E-state index in [9.17, 15) is 4.79 Å². The second kappa shape index (κ2) is 5.81. The van der Waals surface area contributed by atoms with Crippen LogP contribution in [0, 0.1) is 5.41 Å². The molecular weight excluding hydrogens is 332 g/mol. The predicted molar refractivity (Wildman–Crippen MR) is 86.5 cm³/mol. The van der Waals surface area contributed by atoms with Crippen molar-refractivity contribution in [1.82, 2.24) is 10.6 Å². The third-order valence-corrected chi connectivity index (χ3v) is 4.68. The zero-order valence-electron chi connectivity index (χ0n) is 12.0. The Balaban J connectivity index is 1.69. The van der Waals surface area contributed by atoms with Crippen LogP contribution in [0.1, 0.15) is 30.3 Å². The third kappa shape index (κ3) is 3.30. The van der Waals surface area contributed by atoms with Gasteiger partial charge in [-0.05, 0) is 55.6 Å². The molecule has 0 bridgehead atoms. The smallest absolute Gasteiger partial charge is 0.287 e. The van der Waals surface area contributed by atoms with Gasteiger partial charge in [0.1, 0.15) is 5.58 Å². The first-order valence-electron chi connectivity index (χ1n) is 7.24. The van der Waals surface area contributed by atoms with Crippen molar-refractivity contribution in [3.8, 4) is 0 Å². The number of hydrogen-bond acceptors (Lipinski definition) is 3. The number of carbonyl (C=O) groups excluding carboxylic acids is 1. The highest BCUT2D eigenvalue weighted by atomic mass is 79.9. The van der Waals surface area contributed by atoms with E-state index in [0.29, 0.717) is 12.3 Å². The number of nitrogens with one attached hydrogen (secondary N) is 2. The van der Waals surface area contributed by atoms with Crippen molar-refractivity contribution >= 4 is 32.8 Å². The van der Waals surface area contributed by atoms with Crippen molar-refractivity contribution in [2.45, 2.75) is 19.8 Å². The molecule has 1 aliphatic rings. The van der Waals surface area contributed by atoms with Crippen molar-refractivity contribution in [2.24, 2.45) is 5.41 Å². The molecule has 21 heavy (non-hydrogen) atoms.